The van der Waals surface area contributed by atoms with Crippen molar-refractivity contribution in [1.82, 2.24) is 14.5 Å². The Balaban J connectivity index is 1.78. The summed E-state index contributed by atoms with van der Waals surface area (Å²) in [5.41, 5.74) is 1.80. The molecular formula is C25H33N3O4. The molecule has 0 spiro atoms. The molecule has 0 bridgehead atoms. The second-order valence-electron chi connectivity index (χ2n) is 9.20. The predicted octanol–water partition coefficient (Wildman–Crippen LogP) is 3.06. The van der Waals surface area contributed by atoms with Gasteiger partial charge in [-0.3, -0.25) is 9.59 Å². The van der Waals surface area contributed by atoms with Crippen molar-refractivity contribution >= 4 is 5.91 Å². The van der Waals surface area contributed by atoms with Crippen molar-refractivity contribution in [3.63, 3.8) is 0 Å². The number of fused-ring (bicyclic) bond motifs is 1. The first-order chi connectivity index (χ1) is 15.4. The third-order valence-corrected chi connectivity index (χ3v) is 7.22. The Morgan fingerprint density at radius 3 is 2.69 bits per heavy atom. The highest BCUT2D eigenvalue weighted by molar-refractivity contribution is 5.96. The molecule has 32 heavy (non-hydrogen) atoms. The zero-order valence-electron chi connectivity index (χ0n) is 19.3. The van der Waals surface area contributed by atoms with Gasteiger partial charge in [0.05, 0.1) is 6.61 Å². The summed E-state index contributed by atoms with van der Waals surface area (Å²) >= 11 is 0. The van der Waals surface area contributed by atoms with Crippen LogP contribution in [0.3, 0.4) is 0 Å². The average molecular weight is 440 g/mol. The number of hydrogen-bond donors (Lipinski definition) is 1. The molecule has 0 radical (unpaired) electrons. The lowest BCUT2D eigenvalue weighted by molar-refractivity contribution is 0.0521. The molecule has 1 N–H and O–H groups in total. The molecule has 2 aliphatic rings. The monoisotopic (exact) mass is 439 g/mol. The second-order valence-corrected chi connectivity index (χ2v) is 9.20. The standard InChI is InChI=1S/C25H33N3O4/c1-4-18-8-7-9-19(14-18)25(10-5-6-11-25)15-20-26-23(30)22(29)21-24(31)27(12-13-32-3)17(2)16-28(20)21/h7-9,14,17,29H,4-6,10-13,15-16H2,1-3H3/t17-/m0/s1. The van der Waals surface area contributed by atoms with E-state index in [4.69, 9.17) is 4.74 Å². The first-order valence-electron chi connectivity index (χ1n) is 11.6. The summed E-state index contributed by atoms with van der Waals surface area (Å²) in [6, 6.07) is 8.63. The molecule has 1 atom stereocenters. The maximum Gasteiger partial charge on any atom is 0.315 e. The first kappa shape index (κ1) is 22.5. The van der Waals surface area contributed by atoms with Gasteiger partial charge in [0.25, 0.3) is 5.91 Å². The van der Waals surface area contributed by atoms with E-state index in [1.807, 2.05) is 6.92 Å². The molecule has 2 heterocycles. The number of aromatic nitrogens is 2. The number of carbonyl (C=O) groups excluding carboxylic acids is 1. The number of hydrogen-bond acceptors (Lipinski definition) is 5. The number of ether oxygens (including phenoxy) is 1. The van der Waals surface area contributed by atoms with Crippen LogP contribution in [0, 0.1) is 0 Å². The maximum absolute atomic E-state index is 13.3. The van der Waals surface area contributed by atoms with Gasteiger partial charge in [-0.25, -0.2) is 0 Å². The quantitative estimate of drug-likeness (QED) is 0.717. The topological polar surface area (TPSA) is 84.7 Å². The second kappa shape index (κ2) is 9.06. The van der Waals surface area contributed by atoms with Crippen molar-refractivity contribution in [3.8, 4) is 5.75 Å². The predicted molar refractivity (Wildman–Crippen MR) is 122 cm³/mol. The van der Waals surface area contributed by atoms with E-state index in [0.29, 0.717) is 31.9 Å². The lowest BCUT2D eigenvalue weighted by Crippen LogP contribution is -2.50. The molecule has 1 amide bonds. The highest BCUT2D eigenvalue weighted by Gasteiger charge is 2.40. The lowest BCUT2D eigenvalue weighted by Gasteiger charge is -2.38. The fourth-order valence-electron chi connectivity index (χ4n) is 5.39. The van der Waals surface area contributed by atoms with Crippen molar-refractivity contribution in [3.05, 3.63) is 57.3 Å². The third-order valence-electron chi connectivity index (χ3n) is 7.22. The summed E-state index contributed by atoms with van der Waals surface area (Å²) in [5.74, 6) is -0.299. The molecule has 2 aromatic rings. The molecule has 1 fully saturated rings. The fraction of sp³-hybridized carbons (Fsp3) is 0.560. The molecule has 172 valence electrons. The Labute approximate surface area is 189 Å². The molecule has 4 rings (SSSR count). The normalized spacial score (nSPS) is 19.9. The van der Waals surface area contributed by atoms with Crippen molar-refractivity contribution in [1.29, 1.82) is 0 Å². The van der Waals surface area contributed by atoms with Crippen LogP contribution in [0.4, 0.5) is 0 Å². The van der Waals surface area contributed by atoms with Gasteiger partial charge >= 0.3 is 5.56 Å². The van der Waals surface area contributed by atoms with E-state index in [1.54, 1.807) is 16.6 Å². The van der Waals surface area contributed by atoms with E-state index in [0.717, 1.165) is 32.1 Å². The van der Waals surface area contributed by atoms with Crippen LogP contribution in [-0.2, 0) is 29.5 Å². The van der Waals surface area contributed by atoms with E-state index in [2.05, 4.69) is 36.2 Å². The summed E-state index contributed by atoms with van der Waals surface area (Å²) in [7, 11) is 1.59. The third kappa shape index (κ3) is 3.94. The van der Waals surface area contributed by atoms with Crippen LogP contribution >= 0.6 is 0 Å². The number of methoxy groups -OCH3 is 1. The summed E-state index contributed by atoms with van der Waals surface area (Å²) in [5, 5.41) is 10.5. The van der Waals surface area contributed by atoms with Gasteiger partial charge in [-0.1, -0.05) is 44.0 Å². The lowest BCUT2D eigenvalue weighted by atomic mass is 9.75. The van der Waals surface area contributed by atoms with Crippen LogP contribution < -0.4 is 5.56 Å². The van der Waals surface area contributed by atoms with Crippen molar-refractivity contribution in [2.45, 2.75) is 70.4 Å². The molecule has 1 aromatic heterocycles. The van der Waals surface area contributed by atoms with Gasteiger partial charge in [0.2, 0.25) is 5.75 Å². The minimum Gasteiger partial charge on any atom is -0.501 e. The van der Waals surface area contributed by atoms with Crippen molar-refractivity contribution < 1.29 is 14.6 Å². The van der Waals surface area contributed by atoms with Gasteiger partial charge in [0.1, 0.15) is 5.82 Å². The fourth-order valence-corrected chi connectivity index (χ4v) is 5.39. The molecule has 7 nitrogen and oxygen atoms in total. The summed E-state index contributed by atoms with van der Waals surface area (Å²) in [6.07, 6.45) is 5.86. The Morgan fingerprint density at radius 1 is 1.25 bits per heavy atom. The van der Waals surface area contributed by atoms with Gasteiger partial charge in [0, 0.05) is 38.1 Å². The van der Waals surface area contributed by atoms with Gasteiger partial charge in [-0.2, -0.15) is 4.98 Å². The molecule has 7 heteroatoms. The maximum atomic E-state index is 13.3. The smallest absolute Gasteiger partial charge is 0.315 e. The number of nitrogens with zero attached hydrogens (tertiary/aromatic N) is 3. The van der Waals surface area contributed by atoms with Crippen LogP contribution in [0.2, 0.25) is 0 Å². The Morgan fingerprint density at radius 2 is 2.00 bits per heavy atom. The first-order valence-corrected chi connectivity index (χ1v) is 11.6. The molecular weight excluding hydrogens is 406 g/mol. The van der Waals surface area contributed by atoms with Gasteiger partial charge in [-0.05, 0) is 37.3 Å². The zero-order chi connectivity index (χ0) is 22.9. The summed E-state index contributed by atoms with van der Waals surface area (Å²) in [4.78, 5) is 31.8. The largest absolute Gasteiger partial charge is 0.501 e. The summed E-state index contributed by atoms with van der Waals surface area (Å²) in [6.45, 7) is 5.43. The van der Waals surface area contributed by atoms with Crippen LogP contribution in [0.25, 0.3) is 0 Å². The number of aryl methyl sites for hydroxylation is 1. The number of carbonyl (C=O) groups is 1. The number of benzene rings is 1. The van der Waals surface area contributed by atoms with Gasteiger partial charge in [0.15, 0.2) is 5.69 Å². The summed E-state index contributed by atoms with van der Waals surface area (Å²) < 4.78 is 6.93. The Bertz CT molecular complexity index is 1060. The van der Waals surface area contributed by atoms with E-state index >= 15 is 0 Å². The Hall–Kier alpha value is -2.67. The molecule has 1 saturated carbocycles. The molecule has 1 aromatic carbocycles. The van der Waals surface area contributed by atoms with E-state index < -0.39 is 11.3 Å². The number of aromatic hydroxyl groups is 1. The molecule has 1 aliphatic heterocycles. The Kier molecular flexibility index (Phi) is 6.38. The van der Waals surface area contributed by atoms with E-state index in [9.17, 15) is 14.7 Å². The van der Waals surface area contributed by atoms with Crippen LogP contribution in [0.15, 0.2) is 29.1 Å². The van der Waals surface area contributed by atoms with Gasteiger partial charge < -0.3 is 19.3 Å². The van der Waals surface area contributed by atoms with Crippen LogP contribution in [0.1, 0.15) is 67.0 Å². The highest BCUT2D eigenvalue weighted by Crippen LogP contribution is 2.44. The number of amides is 1. The molecule has 1 aliphatic carbocycles. The van der Waals surface area contributed by atoms with E-state index in [-0.39, 0.29) is 23.1 Å². The van der Waals surface area contributed by atoms with E-state index in [1.165, 1.54) is 11.1 Å². The van der Waals surface area contributed by atoms with Crippen molar-refractivity contribution in [2.24, 2.45) is 0 Å². The highest BCUT2D eigenvalue weighted by atomic mass is 16.5. The van der Waals surface area contributed by atoms with Crippen LogP contribution in [-0.4, -0.2) is 51.8 Å². The van der Waals surface area contributed by atoms with Gasteiger partial charge in [-0.15, -0.1) is 0 Å². The average Bonchev–Trinajstić information content (AvgIpc) is 3.26. The minimum absolute atomic E-state index is 0.0599. The number of rotatable bonds is 7. The van der Waals surface area contributed by atoms with Crippen LogP contribution in [0.5, 0.6) is 5.75 Å². The minimum atomic E-state index is -0.726. The molecule has 0 unspecified atom stereocenters. The molecule has 0 saturated heterocycles. The SMILES string of the molecule is CCc1cccc(C2(Cc3nc(=O)c(O)c4n3C[C@H](C)N(CCOC)C4=O)CCCC2)c1. The zero-order valence-corrected chi connectivity index (χ0v) is 19.3. The van der Waals surface area contributed by atoms with Crippen molar-refractivity contribution in [2.75, 3.05) is 20.3 Å².